The molecule has 25 heavy (non-hydrogen) atoms. The number of furan rings is 1. The zero-order valence-corrected chi connectivity index (χ0v) is 13.0. The van der Waals surface area contributed by atoms with Crippen molar-refractivity contribution >= 4 is 17.6 Å². The highest BCUT2D eigenvalue weighted by Gasteiger charge is 2.42. The van der Waals surface area contributed by atoms with Crippen molar-refractivity contribution in [1.82, 2.24) is 20.2 Å². The molecule has 1 aliphatic rings. The molecule has 4 rings (SSSR count). The summed E-state index contributed by atoms with van der Waals surface area (Å²) in [5.41, 5.74) is 1.72. The second-order valence-electron chi connectivity index (χ2n) is 5.64. The summed E-state index contributed by atoms with van der Waals surface area (Å²) in [6.45, 7) is 1.62. The maximum absolute atomic E-state index is 13.2. The molecule has 1 aromatic carbocycles. The summed E-state index contributed by atoms with van der Waals surface area (Å²) in [6, 6.07) is 6.77. The molecule has 0 fully saturated rings. The lowest BCUT2D eigenvalue weighted by Crippen LogP contribution is -2.35. The zero-order chi connectivity index (χ0) is 17.6. The van der Waals surface area contributed by atoms with Gasteiger partial charge in [0.05, 0.1) is 6.26 Å². The average Bonchev–Trinajstić information content (AvgIpc) is 3.22. The first-order valence-corrected chi connectivity index (χ1v) is 7.45. The molecule has 0 aliphatic carbocycles. The number of aliphatic imine (C=N–C) groups is 1. The molecule has 3 heterocycles. The molecule has 0 bridgehead atoms. The van der Waals surface area contributed by atoms with Crippen molar-refractivity contribution in [2.24, 2.45) is 10.9 Å². The van der Waals surface area contributed by atoms with E-state index in [0.29, 0.717) is 22.6 Å². The SMILES string of the molecule is CC1=Nc2nnnn2C(c2occc2-c2ccc(F)cc2)C1C(=O)O. The van der Waals surface area contributed by atoms with Crippen LogP contribution in [-0.2, 0) is 4.79 Å². The number of carboxylic acid groups (broad SMARTS) is 1. The Bertz CT molecular complexity index is 976. The third kappa shape index (κ3) is 2.40. The minimum absolute atomic E-state index is 0.210. The van der Waals surface area contributed by atoms with Gasteiger partial charge in [-0.1, -0.05) is 17.2 Å². The number of hydrogen-bond donors (Lipinski definition) is 1. The van der Waals surface area contributed by atoms with Crippen LogP contribution < -0.4 is 0 Å². The fourth-order valence-electron chi connectivity index (χ4n) is 3.03. The molecule has 0 amide bonds. The molecule has 2 aromatic heterocycles. The summed E-state index contributed by atoms with van der Waals surface area (Å²) in [4.78, 5) is 16.0. The van der Waals surface area contributed by atoms with Gasteiger partial charge in [-0.2, -0.15) is 4.68 Å². The van der Waals surface area contributed by atoms with Crippen LogP contribution in [0.3, 0.4) is 0 Å². The van der Waals surface area contributed by atoms with Crippen molar-refractivity contribution in [3.63, 3.8) is 0 Å². The number of aliphatic carboxylic acids is 1. The third-order valence-electron chi connectivity index (χ3n) is 4.17. The average molecular weight is 341 g/mol. The second-order valence-corrected chi connectivity index (χ2v) is 5.64. The highest BCUT2D eigenvalue weighted by molar-refractivity contribution is 6.02. The minimum atomic E-state index is -1.06. The van der Waals surface area contributed by atoms with Gasteiger partial charge in [0.2, 0.25) is 0 Å². The topological polar surface area (TPSA) is 106 Å². The van der Waals surface area contributed by atoms with E-state index in [4.69, 9.17) is 4.42 Å². The molecule has 1 N–H and O–H groups in total. The van der Waals surface area contributed by atoms with E-state index in [1.165, 1.54) is 23.1 Å². The second kappa shape index (κ2) is 5.62. The van der Waals surface area contributed by atoms with Gasteiger partial charge in [0.25, 0.3) is 5.95 Å². The Labute approximate surface area is 140 Å². The van der Waals surface area contributed by atoms with Crippen molar-refractivity contribution in [2.45, 2.75) is 13.0 Å². The van der Waals surface area contributed by atoms with Crippen LogP contribution in [0.15, 0.2) is 46.0 Å². The number of benzene rings is 1. The van der Waals surface area contributed by atoms with Crippen LogP contribution in [-0.4, -0.2) is 37.0 Å². The zero-order valence-electron chi connectivity index (χ0n) is 13.0. The van der Waals surface area contributed by atoms with E-state index < -0.39 is 17.9 Å². The van der Waals surface area contributed by atoms with E-state index in [1.807, 2.05) is 0 Å². The number of hydrogen-bond acceptors (Lipinski definition) is 6. The van der Waals surface area contributed by atoms with Gasteiger partial charge >= 0.3 is 5.97 Å². The summed E-state index contributed by atoms with van der Waals surface area (Å²) in [7, 11) is 0. The van der Waals surface area contributed by atoms with Gasteiger partial charge in [-0.05, 0) is 41.1 Å². The smallest absolute Gasteiger partial charge is 0.314 e. The van der Waals surface area contributed by atoms with Crippen molar-refractivity contribution in [3.8, 4) is 11.1 Å². The molecule has 0 saturated heterocycles. The number of fused-ring (bicyclic) bond motifs is 1. The van der Waals surface area contributed by atoms with Crippen molar-refractivity contribution in [3.05, 3.63) is 48.2 Å². The number of nitrogens with zero attached hydrogens (tertiary/aromatic N) is 5. The fourth-order valence-corrected chi connectivity index (χ4v) is 3.03. The lowest BCUT2D eigenvalue weighted by atomic mass is 9.89. The first-order chi connectivity index (χ1) is 12.1. The third-order valence-corrected chi connectivity index (χ3v) is 4.17. The molecule has 9 heteroatoms. The molecule has 1 aliphatic heterocycles. The van der Waals surface area contributed by atoms with Gasteiger partial charge in [0.1, 0.15) is 23.5 Å². The number of carboxylic acids is 1. The predicted molar refractivity (Wildman–Crippen MR) is 84.0 cm³/mol. The summed E-state index contributed by atoms with van der Waals surface area (Å²) in [5, 5.41) is 20.9. The molecule has 0 spiro atoms. The van der Waals surface area contributed by atoms with E-state index in [9.17, 15) is 14.3 Å². The Morgan fingerprint density at radius 2 is 2.04 bits per heavy atom. The minimum Gasteiger partial charge on any atom is -0.481 e. The summed E-state index contributed by atoms with van der Waals surface area (Å²) in [5.74, 6) is -1.82. The lowest BCUT2D eigenvalue weighted by molar-refractivity contribution is -0.140. The Hall–Kier alpha value is -3.36. The van der Waals surface area contributed by atoms with Crippen LogP contribution in [0.1, 0.15) is 18.7 Å². The number of carbonyl (C=O) groups is 1. The van der Waals surface area contributed by atoms with Crippen molar-refractivity contribution < 1.29 is 18.7 Å². The molecule has 0 radical (unpaired) electrons. The maximum atomic E-state index is 13.2. The molecular formula is C16H12FN5O3. The number of rotatable bonds is 3. The van der Waals surface area contributed by atoms with Crippen LogP contribution in [0.5, 0.6) is 0 Å². The van der Waals surface area contributed by atoms with Gasteiger partial charge in [-0.25, -0.2) is 9.38 Å². The van der Waals surface area contributed by atoms with E-state index >= 15 is 0 Å². The van der Waals surface area contributed by atoms with Crippen molar-refractivity contribution in [2.75, 3.05) is 0 Å². The van der Waals surface area contributed by atoms with Crippen LogP contribution >= 0.6 is 0 Å². The number of tetrazole rings is 1. The van der Waals surface area contributed by atoms with Crippen LogP contribution in [0.2, 0.25) is 0 Å². The highest BCUT2D eigenvalue weighted by Crippen LogP contribution is 2.39. The molecule has 8 nitrogen and oxygen atoms in total. The highest BCUT2D eigenvalue weighted by atomic mass is 19.1. The predicted octanol–water partition coefficient (Wildman–Crippen LogP) is 2.47. The first kappa shape index (κ1) is 15.2. The first-order valence-electron chi connectivity index (χ1n) is 7.45. The molecular weight excluding hydrogens is 329 g/mol. The normalized spacial score (nSPS) is 19.4. The molecule has 0 saturated carbocycles. The van der Waals surface area contributed by atoms with Gasteiger partial charge in [0.15, 0.2) is 0 Å². The van der Waals surface area contributed by atoms with Crippen LogP contribution in [0.25, 0.3) is 11.1 Å². The Kier molecular flexibility index (Phi) is 3.41. The Morgan fingerprint density at radius 3 is 2.76 bits per heavy atom. The molecule has 2 unspecified atom stereocenters. The van der Waals surface area contributed by atoms with E-state index in [-0.39, 0.29) is 11.8 Å². The molecule has 2 atom stereocenters. The van der Waals surface area contributed by atoms with Gasteiger partial charge in [0, 0.05) is 11.3 Å². The van der Waals surface area contributed by atoms with Gasteiger partial charge < -0.3 is 9.52 Å². The van der Waals surface area contributed by atoms with E-state index in [2.05, 4.69) is 20.5 Å². The van der Waals surface area contributed by atoms with Gasteiger partial charge in [-0.3, -0.25) is 4.79 Å². The van der Waals surface area contributed by atoms with Gasteiger partial charge in [-0.15, -0.1) is 0 Å². The quantitative estimate of drug-likeness (QED) is 0.784. The monoisotopic (exact) mass is 341 g/mol. The van der Waals surface area contributed by atoms with E-state index in [1.54, 1.807) is 25.1 Å². The maximum Gasteiger partial charge on any atom is 0.314 e. The summed E-state index contributed by atoms with van der Waals surface area (Å²) < 4.78 is 20.2. The van der Waals surface area contributed by atoms with Crippen LogP contribution in [0.4, 0.5) is 10.3 Å². The number of aromatic nitrogens is 4. The Morgan fingerprint density at radius 1 is 1.28 bits per heavy atom. The largest absolute Gasteiger partial charge is 0.481 e. The summed E-state index contributed by atoms with van der Waals surface area (Å²) >= 11 is 0. The Balaban J connectivity index is 1.89. The standard InChI is InChI=1S/C16H12FN5O3/c1-8-12(15(23)24)13(22-16(18-8)19-20-21-22)14-11(6-7-25-14)9-2-4-10(17)5-3-9/h2-7,12-13H,1H3,(H,23,24). The fraction of sp³-hybridized carbons (Fsp3) is 0.188. The lowest BCUT2D eigenvalue weighted by Gasteiger charge is -2.26. The van der Waals surface area contributed by atoms with Crippen molar-refractivity contribution in [1.29, 1.82) is 0 Å². The molecule has 126 valence electrons. The van der Waals surface area contributed by atoms with E-state index in [0.717, 1.165) is 0 Å². The summed E-state index contributed by atoms with van der Waals surface area (Å²) in [6.07, 6.45) is 1.46. The molecule has 3 aromatic rings. The van der Waals surface area contributed by atoms with Crippen LogP contribution in [0, 0.1) is 11.7 Å². The number of halogens is 1.